The molecule has 0 radical (unpaired) electrons. The van der Waals surface area contributed by atoms with E-state index in [0.717, 1.165) is 27.8 Å². The van der Waals surface area contributed by atoms with Gasteiger partial charge in [-0.2, -0.15) is 0 Å². The summed E-state index contributed by atoms with van der Waals surface area (Å²) >= 11 is 5.91. The van der Waals surface area contributed by atoms with E-state index in [1.807, 2.05) is 72.8 Å². The second kappa shape index (κ2) is 11.1. The summed E-state index contributed by atoms with van der Waals surface area (Å²) in [7, 11) is 0. The molecule has 1 unspecified atom stereocenters. The van der Waals surface area contributed by atoms with Crippen LogP contribution in [0.5, 0.6) is 0 Å². The van der Waals surface area contributed by atoms with Crippen LogP contribution < -0.4 is 34.7 Å². The van der Waals surface area contributed by atoms with Crippen molar-refractivity contribution in [3.8, 4) is 0 Å². The number of aromatic nitrogens is 1. The minimum absolute atomic E-state index is 0. The van der Waals surface area contributed by atoms with Gasteiger partial charge in [0.1, 0.15) is 11.9 Å². The number of hydrogen-bond donors (Lipinski definition) is 0. The van der Waals surface area contributed by atoms with Crippen LogP contribution in [0.25, 0.3) is 35.2 Å². The molecule has 0 amide bonds. The van der Waals surface area contributed by atoms with Crippen molar-refractivity contribution < 1.29 is 48.6 Å². The van der Waals surface area contributed by atoms with Gasteiger partial charge in [0, 0.05) is 5.39 Å². The largest absolute Gasteiger partial charge is 1.00 e. The van der Waals surface area contributed by atoms with E-state index in [0.29, 0.717) is 16.6 Å². The van der Waals surface area contributed by atoms with E-state index in [2.05, 4.69) is 4.98 Å². The first kappa shape index (κ1) is 26.3. The predicted molar refractivity (Wildman–Crippen MR) is 135 cm³/mol. The first-order valence-corrected chi connectivity index (χ1v) is 11.5. The van der Waals surface area contributed by atoms with Crippen molar-refractivity contribution >= 4 is 52.8 Å². The number of benzene rings is 3. The molecule has 0 aliphatic heterocycles. The Bertz CT molecular complexity index is 1520. The van der Waals surface area contributed by atoms with Crippen LogP contribution in [-0.2, 0) is 9.53 Å². The summed E-state index contributed by atoms with van der Waals surface area (Å²) < 4.78 is 19.7. The molecule has 1 aliphatic carbocycles. The molecule has 1 heterocycles. The van der Waals surface area contributed by atoms with E-state index >= 15 is 0 Å². The molecule has 1 aliphatic rings. The maximum atomic E-state index is 13.7. The SMILES string of the molecule is C[C@H](OC1c2ccccc2C=Cc2ccc(C=Cc3ccc4cc(F)c(Cl)cc4n3)cc21)C(=O)[O-].[Na+]. The monoisotopic (exact) mass is 507 g/mol. The Morgan fingerprint density at radius 3 is 2.56 bits per heavy atom. The summed E-state index contributed by atoms with van der Waals surface area (Å²) in [6, 6.07) is 20.2. The third kappa shape index (κ3) is 5.46. The molecule has 0 saturated heterocycles. The third-order valence-corrected chi connectivity index (χ3v) is 6.28. The van der Waals surface area contributed by atoms with Crippen molar-refractivity contribution in [2.24, 2.45) is 0 Å². The molecule has 4 nitrogen and oxygen atoms in total. The molecule has 2 atom stereocenters. The molecule has 3 aromatic carbocycles. The number of carboxylic acids is 1. The number of carboxylic acid groups (broad SMARTS) is 1. The van der Waals surface area contributed by atoms with Crippen LogP contribution in [0.4, 0.5) is 4.39 Å². The standard InChI is InChI=1S/C29H21ClFNO3.Na/c1-17(29(33)34)35-28-23-5-3-2-4-19(23)9-10-20-8-6-18(14-24(20)28)7-12-22-13-11-21-15-26(31)25(30)16-27(21)32-22;/h2-17,28H,1H3,(H,33,34);/q;+1/p-1/t17-,28?;/m0./s1. The zero-order chi connectivity index (χ0) is 24.5. The van der Waals surface area contributed by atoms with Gasteiger partial charge in [-0.15, -0.1) is 0 Å². The van der Waals surface area contributed by atoms with E-state index < -0.39 is 24.0 Å². The van der Waals surface area contributed by atoms with Crippen LogP contribution in [0, 0.1) is 5.82 Å². The van der Waals surface area contributed by atoms with Gasteiger partial charge in [0.05, 0.1) is 28.3 Å². The van der Waals surface area contributed by atoms with Crippen LogP contribution in [0.1, 0.15) is 46.5 Å². The fourth-order valence-electron chi connectivity index (χ4n) is 4.14. The molecule has 1 aromatic heterocycles. The maximum Gasteiger partial charge on any atom is 1.00 e. The number of ether oxygens (including phenoxy) is 1. The molecular formula is C29H20ClFNNaO3. The number of fused-ring (bicyclic) bond motifs is 3. The Labute approximate surface area is 235 Å². The van der Waals surface area contributed by atoms with E-state index in [1.54, 1.807) is 6.07 Å². The Balaban J connectivity index is 0.00000304. The van der Waals surface area contributed by atoms with Gasteiger partial charge in [-0.1, -0.05) is 72.3 Å². The second-order valence-electron chi connectivity index (χ2n) is 8.36. The van der Waals surface area contributed by atoms with Crippen LogP contribution >= 0.6 is 11.6 Å². The fraction of sp³-hybridized carbons (Fsp3) is 0.103. The van der Waals surface area contributed by atoms with Crippen molar-refractivity contribution in [3.63, 3.8) is 0 Å². The van der Waals surface area contributed by atoms with E-state index in [1.165, 1.54) is 19.1 Å². The zero-order valence-corrected chi connectivity index (χ0v) is 22.5. The molecule has 0 N–H and O–H groups in total. The van der Waals surface area contributed by atoms with Crippen LogP contribution in [0.3, 0.4) is 0 Å². The Kier molecular flexibility index (Phi) is 8.08. The second-order valence-corrected chi connectivity index (χ2v) is 8.76. The summed E-state index contributed by atoms with van der Waals surface area (Å²) in [5.74, 6) is -1.74. The van der Waals surface area contributed by atoms with Gasteiger partial charge in [0.15, 0.2) is 0 Å². The molecule has 0 saturated carbocycles. The van der Waals surface area contributed by atoms with Crippen molar-refractivity contribution in [1.29, 1.82) is 0 Å². The molecule has 36 heavy (non-hydrogen) atoms. The molecular weight excluding hydrogens is 488 g/mol. The average Bonchev–Trinajstić information content (AvgIpc) is 3.00. The first-order valence-electron chi connectivity index (χ1n) is 11.1. The Morgan fingerprint density at radius 1 is 1.03 bits per heavy atom. The van der Waals surface area contributed by atoms with Crippen LogP contribution in [0.2, 0.25) is 5.02 Å². The van der Waals surface area contributed by atoms with E-state index in [4.69, 9.17) is 16.3 Å². The summed E-state index contributed by atoms with van der Waals surface area (Å²) in [6.45, 7) is 1.48. The van der Waals surface area contributed by atoms with Gasteiger partial charge in [0.2, 0.25) is 0 Å². The van der Waals surface area contributed by atoms with Gasteiger partial charge in [-0.25, -0.2) is 9.37 Å². The molecule has 0 spiro atoms. The zero-order valence-electron chi connectivity index (χ0n) is 19.7. The van der Waals surface area contributed by atoms with Crippen LogP contribution in [0.15, 0.2) is 66.7 Å². The molecule has 0 bridgehead atoms. The molecule has 174 valence electrons. The van der Waals surface area contributed by atoms with Crippen molar-refractivity contribution in [1.82, 2.24) is 4.98 Å². The van der Waals surface area contributed by atoms with Crippen molar-refractivity contribution in [3.05, 3.63) is 111 Å². The average molecular weight is 508 g/mol. The number of carbonyl (C=O) groups is 1. The van der Waals surface area contributed by atoms with Gasteiger partial charge in [0.25, 0.3) is 0 Å². The fourth-order valence-corrected chi connectivity index (χ4v) is 4.30. The summed E-state index contributed by atoms with van der Waals surface area (Å²) in [5.41, 5.74) is 5.84. The number of rotatable bonds is 5. The molecule has 0 fully saturated rings. The van der Waals surface area contributed by atoms with Gasteiger partial charge < -0.3 is 14.6 Å². The predicted octanol–water partition coefficient (Wildman–Crippen LogP) is 2.93. The number of nitrogens with zero attached hydrogens (tertiary/aromatic N) is 1. The molecule has 5 rings (SSSR count). The van der Waals surface area contributed by atoms with Crippen LogP contribution in [-0.4, -0.2) is 17.1 Å². The van der Waals surface area contributed by atoms with Gasteiger partial charge in [-0.3, -0.25) is 0 Å². The maximum absolute atomic E-state index is 13.7. The summed E-state index contributed by atoms with van der Waals surface area (Å²) in [4.78, 5) is 16.0. The van der Waals surface area contributed by atoms with E-state index in [-0.39, 0.29) is 34.6 Å². The van der Waals surface area contributed by atoms with E-state index in [9.17, 15) is 14.3 Å². The molecule has 4 aromatic rings. The topological polar surface area (TPSA) is 62.2 Å². The minimum atomic E-state index is -1.26. The Hall–Kier alpha value is -2.80. The first-order chi connectivity index (χ1) is 16.9. The molecule has 7 heteroatoms. The Morgan fingerprint density at radius 2 is 1.78 bits per heavy atom. The van der Waals surface area contributed by atoms with Crippen molar-refractivity contribution in [2.75, 3.05) is 0 Å². The number of pyridine rings is 1. The van der Waals surface area contributed by atoms with Crippen molar-refractivity contribution in [2.45, 2.75) is 19.1 Å². The third-order valence-electron chi connectivity index (χ3n) is 5.99. The van der Waals surface area contributed by atoms with Gasteiger partial charge >= 0.3 is 29.6 Å². The minimum Gasteiger partial charge on any atom is -0.547 e. The quantitative estimate of drug-likeness (QED) is 0.390. The number of halogens is 2. The summed E-state index contributed by atoms with van der Waals surface area (Å²) in [6.07, 6.45) is 6.12. The normalized spacial score (nSPS) is 15.1. The number of hydrogen-bond acceptors (Lipinski definition) is 4. The number of carbonyl (C=O) groups excluding carboxylic acids is 1. The smallest absolute Gasteiger partial charge is 0.547 e. The van der Waals surface area contributed by atoms with Gasteiger partial charge in [-0.05, 0) is 65.1 Å². The summed E-state index contributed by atoms with van der Waals surface area (Å²) in [5, 5.41) is 12.1. The number of aliphatic carboxylic acids is 1.